The van der Waals surface area contributed by atoms with Gasteiger partial charge in [-0.1, -0.05) is 6.07 Å². The smallest absolute Gasteiger partial charge is 0.287 e. The third kappa shape index (κ3) is 2.57. The summed E-state index contributed by atoms with van der Waals surface area (Å²) in [6, 6.07) is 8.99. The average Bonchev–Trinajstić information content (AvgIpc) is 3.31. The van der Waals surface area contributed by atoms with Gasteiger partial charge in [0, 0.05) is 18.1 Å². The van der Waals surface area contributed by atoms with E-state index in [2.05, 4.69) is 10.6 Å². The van der Waals surface area contributed by atoms with Crippen LogP contribution in [-0.2, 0) is 0 Å². The van der Waals surface area contributed by atoms with E-state index in [0.717, 1.165) is 12.8 Å². The first kappa shape index (κ1) is 15.2. The van der Waals surface area contributed by atoms with Gasteiger partial charge >= 0.3 is 0 Å². The Hall–Kier alpha value is -2.34. The molecule has 2 aliphatic rings. The van der Waals surface area contributed by atoms with E-state index in [9.17, 15) is 9.18 Å². The molecule has 2 saturated heterocycles. The summed E-state index contributed by atoms with van der Waals surface area (Å²) in [6.45, 7) is 0. The lowest BCUT2D eigenvalue weighted by Crippen LogP contribution is -2.42. The summed E-state index contributed by atoms with van der Waals surface area (Å²) in [4.78, 5) is 12.4. The number of nitrogens with one attached hydrogen (secondary N) is 2. The van der Waals surface area contributed by atoms with Gasteiger partial charge in [0.05, 0.1) is 12.7 Å². The Morgan fingerprint density at radius 2 is 2.21 bits per heavy atom. The fraction of sp³-hybridized carbons (Fsp3) is 0.389. The summed E-state index contributed by atoms with van der Waals surface area (Å²) in [7, 11) is 1.41. The zero-order valence-corrected chi connectivity index (χ0v) is 13.3. The molecule has 0 spiro atoms. The van der Waals surface area contributed by atoms with Crippen molar-refractivity contribution in [3.05, 3.63) is 41.9 Å². The molecule has 126 valence electrons. The van der Waals surface area contributed by atoms with E-state index in [1.807, 2.05) is 0 Å². The number of rotatable bonds is 4. The number of hydrogen-bond acceptors (Lipinski definition) is 4. The molecule has 2 bridgehead atoms. The van der Waals surface area contributed by atoms with Crippen molar-refractivity contribution in [2.24, 2.45) is 0 Å². The number of carbonyl (C=O) groups excluding carboxylic acids is 1. The summed E-state index contributed by atoms with van der Waals surface area (Å²) in [5, 5.41) is 6.49. The number of carbonyl (C=O) groups is 1. The normalized spacial score (nSPS) is 25.0. The number of hydrogen-bond donors (Lipinski definition) is 2. The summed E-state index contributed by atoms with van der Waals surface area (Å²) in [5.74, 6) is -0.122. The van der Waals surface area contributed by atoms with Crippen LogP contribution < -0.4 is 15.4 Å². The summed E-state index contributed by atoms with van der Waals surface area (Å²) >= 11 is 0. The number of furan rings is 1. The van der Waals surface area contributed by atoms with Gasteiger partial charge < -0.3 is 19.8 Å². The minimum absolute atomic E-state index is 0.137. The molecule has 1 aromatic heterocycles. The van der Waals surface area contributed by atoms with E-state index in [-0.39, 0.29) is 29.0 Å². The molecule has 3 unspecified atom stereocenters. The van der Waals surface area contributed by atoms with Gasteiger partial charge in [0.1, 0.15) is 5.76 Å². The van der Waals surface area contributed by atoms with Gasteiger partial charge in [-0.3, -0.25) is 4.79 Å². The minimum Gasteiger partial charge on any atom is -0.494 e. The lowest BCUT2D eigenvalue weighted by atomic mass is 9.95. The first-order valence-corrected chi connectivity index (χ1v) is 8.15. The standard InChI is InChI=1S/C18H19FN2O3/c1-23-15-4-2-3-11(17(15)19)14-7-8-16(24-14)18(22)21-13-9-10-5-6-12(13)20-10/h2-4,7-8,10,12-13,20H,5-6,9H2,1H3,(H,21,22). The van der Waals surface area contributed by atoms with Crippen LogP contribution in [0.1, 0.15) is 29.8 Å². The zero-order valence-electron chi connectivity index (χ0n) is 13.3. The maximum atomic E-state index is 14.3. The third-order valence-electron chi connectivity index (χ3n) is 4.90. The number of halogens is 1. The Kier molecular flexibility index (Phi) is 3.76. The quantitative estimate of drug-likeness (QED) is 0.905. The predicted molar refractivity (Wildman–Crippen MR) is 86.5 cm³/mol. The van der Waals surface area contributed by atoms with E-state index in [0.29, 0.717) is 17.8 Å². The second kappa shape index (κ2) is 5.94. The van der Waals surface area contributed by atoms with Crippen molar-refractivity contribution in [1.29, 1.82) is 0 Å². The maximum Gasteiger partial charge on any atom is 0.287 e. The molecule has 2 aromatic rings. The molecule has 2 N–H and O–H groups in total. The summed E-state index contributed by atoms with van der Waals surface area (Å²) in [5.41, 5.74) is 0.273. The van der Waals surface area contributed by atoms with Crippen molar-refractivity contribution in [3.8, 4) is 17.1 Å². The molecule has 3 heterocycles. The molecule has 0 saturated carbocycles. The van der Waals surface area contributed by atoms with Gasteiger partial charge in [-0.05, 0) is 43.5 Å². The molecular weight excluding hydrogens is 311 g/mol. The first-order valence-electron chi connectivity index (χ1n) is 8.15. The second-order valence-electron chi connectivity index (χ2n) is 6.35. The van der Waals surface area contributed by atoms with Crippen molar-refractivity contribution >= 4 is 5.91 Å². The molecule has 2 fully saturated rings. The van der Waals surface area contributed by atoms with Crippen LogP contribution in [0.5, 0.6) is 5.75 Å². The Labute approximate surface area is 139 Å². The fourth-order valence-electron chi connectivity index (χ4n) is 3.69. The van der Waals surface area contributed by atoms with Gasteiger partial charge in [-0.25, -0.2) is 4.39 Å². The third-order valence-corrected chi connectivity index (χ3v) is 4.90. The van der Waals surface area contributed by atoms with Gasteiger partial charge in [-0.15, -0.1) is 0 Å². The SMILES string of the molecule is COc1cccc(-c2ccc(C(=O)NC3CC4CCC3N4)o2)c1F. The molecular formula is C18H19FN2O3. The Morgan fingerprint density at radius 3 is 2.92 bits per heavy atom. The van der Waals surface area contributed by atoms with E-state index >= 15 is 0 Å². The largest absolute Gasteiger partial charge is 0.494 e. The topological polar surface area (TPSA) is 63.5 Å². The van der Waals surface area contributed by atoms with Crippen LogP contribution in [0.4, 0.5) is 4.39 Å². The van der Waals surface area contributed by atoms with Crippen molar-refractivity contribution in [2.75, 3.05) is 7.11 Å². The number of methoxy groups -OCH3 is 1. The number of ether oxygens (including phenoxy) is 1. The van der Waals surface area contributed by atoms with Gasteiger partial charge in [0.25, 0.3) is 5.91 Å². The Bertz CT molecular complexity index is 773. The number of benzene rings is 1. The van der Waals surface area contributed by atoms with Crippen molar-refractivity contribution < 1.29 is 18.3 Å². The van der Waals surface area contributed by atoms with Gasteiger partial charge in [0.2, 0.25) is 0 Å². The Morgan fingerprint density at radius 1 is 1.33 bits per heavy atom. The monoisotopic (exact) mass is 330 g/mol. The zero-order chi connectivity index (χ0) is 16.7. The number of amides is 1. The molecule has 3 atom stereocenters. The van der Waals surface area contributed by atoms with E-state index < -0.39 is 5.82 Å². The molecule has 6 heteroatoms. The molecule has 2 aliphatic heterocycles. The van der Waals surface area contributed by atoms with Crippen LogP contribution in [0.25, 0.3) is 11.3 Å². The molecule has 24 heavy (non-hydrogen) atoms. The summed E-state index contributed by atoms with van der Waals surface area (Å²) in [6.07, 6.45) is 3.22. The van der Waals surface area contributed by atoms with Crippen LogP contribution >= 0.6 is 0 Å². The van der Waals surface area contributed by atoms with E-state index in [1.54, 1.807) is 24.3 Å². The average molecular weight is 330 g/mol. The molecule has 1 amide bonds. The second-order valence-corrected chi connectivity index (χ2v) is 6.35. The molecule has 0 radical (unpaired) electrons. The highest BCUT2D eigenvalue weighted by Crippen LogP contribution is 2.31. The number of fused-ring (bicyclic) bond motifs is 2. The van der Waals surface area contributed by atoms with Crippen molar-refractivity contribution in [1.82, 2.24) is 10.6 Å². The first-order chi connectivity index (χ1) is 11.7. The van der Waals surface area contributed by atoms with Gasteiger partial charge in [-0.2, -0.15) is 0 Å². The molecule has 5 nitrogen and oxygen atoms in total. The summed E-state index contributed by atoms with van der Waals surface area (Å²) < 4.78 is 24.9. The van der Waals surface area contributed by atoms with Gasteiger partial charge in [0.15, 0.2) is 17.3 Å². The molecule has 4 rings (SSSR count). The van der Waals surface area contributed by atoms with Crippen molar-refractivity contribution in [2.45, 2.75) is 37.4 Å². The lowest BCUT2D eigenvalue weighted by molar-refractivity contribution is 0.0903. The Balaban J connectivity index is 1.51. The molecule has 0 aliphatic carbocycles. The van der Waals surface area contributed by atoms with Crippen LogP contribution in [0.3, 0.4) is 0 Å². The highest BCUT2D eigenvalue weighted by atomic mass is 19.1. The highest BCUT2D eigenvalue weighted by Gasteiger charge is 2.40. The minimum atomic E-state index is -0.501. The predicted octanol–water partition coefficient (Wildman–Crippen LogP) is 2.72. The van der Waals surface area contributed by atoms with Crippen LogP contribution in [0.15, 0.2) is 34.7 Å². The lowest BCUT2D eigenvalue weighted by Gasteiger charge is -2.20. The van der Waals surface area contributed by atoms with Crippen LogP contribution in [0, 0.1) is 5.82 Å². The van der Waals surface area contributed by atoms with Crippen molar-refractivity contribution in [3.63, 3.8) is 0 Å². The fourth-order valence-corrected chi connectivity index (χ4v) is 3.69. The van der Waals surface area contributed by atoms with E-state index in [1.165, 1.54) is 19.6 Å². The van der Waals surface area contributed by atoms with Crippen LogP contribution in [-0.4, -0.2) is 31.1 Å². The van der Waals surface area contributed by atoms with Crippen LogP contribution in [0.2, 0.25) is 0 Å². The maximum absolute atomic E-state index is 14.3. The highest BCUT2D eigenvalue weighted by molar-refractivity contribution is 5.92. The van der Waals surface area contributed by atoms with E-state index in [4.69, 9.17) is 9.15 Å². The molecule has 1 aromatic carbocycles.